The number of rotatable bonds is 7. The van der Waals surface area contributed by atoms with E-state index in [0.29, 0.717) is 18.1 Å². The van der Waals surface area contributed by atoms with Crippen molar-refractivity contribution >= 4 is 17.0 Å². The van der Waals surface area contributed by atoms with Crippen LogP contribution >= 0.6 is 0 Å². The number of nitrogens with two attached hydrogens (primary N) is 1. The van der Waals surface area contributed by atoms with Gasteiger partial charge in [0.05, 0.1) is 5.69 Å². The Bertz CT molecular complexity index is 1070. The lowest BCUT2D eigenvalue weighted by atomic mass is 9.92. The molecule has 2 heterocycles. The van der Waals surface area contributed by atoms with Crippen molar-refractivity contribution in [1.82, 2.24) is 25.2 Å². The van der Waals surface area contributed by atoms with E-state index in [1.807, 2.05) is 30.5 Å². The zero-order valence-corrected chi connectivity index (χ0v) is 18.0. The minimum atomic E-state index is -0.303. The molecule has 30 heavy (non-hydrogen) atoms. The Morgan fingerprint density at radius 2 is 1.97 bits per heavy atom. The molecule has 0 saturated heterocycles. The van der Waals surface area contributed by atoms with Crippen molar-refractivity contribution in [3.8, 4) is 5.69 Å². The van der Waals surface area contributed by atoms with Crippen molar-refractivity contribution in [3.05, 3.63) is 58.3 Å². The molecule has 1 aromatic carbocycles. The van der Waals surface area contributed by atoms with Crippen LogP contribution < -0.4 is 22.1 Å². The minimum absolute atomic E-state index is 0.00497. The Balaban J connectivity index is 1.68. The summed E-state index contributed by atoms with van der Waals surface area (Å²) in [5.74, 6) is 0.346. The van der Waals surface area contributed by atoms with Crippen LogP contribution in [0.15, 0.2) is 41.3 Å². The number of hydrogen-bond donors (Lipinski definition) is 5. The van der Waals surface area contributed by atoms with E-state index < -0.39 is 0 Å². The summed E-state index contributed by atoms with van der Waals surface area (Å²) in [6, 6.07) is 9.94. The first-order chi connectivity index (χ1) is 14.1. The SMILES string of the molecule is C[C@@H](CNCc1ccc(-n2cc3cc(C(C)(C)C)[nH]c3nc2=O)cc1)CNC(=N)N. The first-order valence-corrected chi connectivity index (χ1v) is 10.1. The number of H-pyrrole nitrogens is 1. The van der Waals surface area contributed by atoms with E-state index in [-0.39, 0.29) is 17.1 Å². The standard InChI is InChI=1S/C22H31N7O/c1-14(11-26-20(23)24)10-25-12-15-5-7-17(8-6-15)29-13-16-9-18(22(2,3)4)27-19(16)28-21(29)30/h5-9,13-14,25H,10-12H2,1-4H3,(H4,23,24,26)(H,27,28,30)/t14-/m0/s1. The fraction of sp³-hybridized carbons (Fsp3) is 0.409. The molecule has 0 aliphatic rings. The second-order valence-corrected chi connectivity index (χ2v) is 8.83. The van der Waals surface area contributed by atoms with Crippen LogP contribution in [-0.2, 0) is 12.0 Å². The van der Waals surface area contributed by atoms with E-state index in [2.05, 4.69) is 54.4 Å². The number of benzene rings is 1. The maximum atomic E-state index is 12.5. The zero-order chi connectivity index (χ0) is 21.9. The normalized spacial score (nSPS) is 12.8. The molecular weight excluding hydrogens is 378 g/mol. The molecule has 3 aromatic rings. The maximum Gasteiger partial charge on any atom is 0.354 e. The average molecular weight is 410 g/mol. The third-order valence-corrected chi connectivity index (χ3v) is 4.99. The molecule has 3 rings (SSSR count). The summed E-state index contributed by atoms with van der Waals surface area (Å²) in [4.78, 5) is 20.0. The average Bonchev–Trinajstić information content (AvgIpc) is 3.10. The summed E-state index contributed by atoms with van der Waals surface area (Å²) in [6.45, 7) is 10.7. The fourth-order valence-electron chi connectivity index (χ4n) is 3.18. The molecule has 160 valence electrons. The van der Waals surface area contributed by atoms with Crippen LogP contribution in [0.4, 0.5) is 0 Å². The van der Waals surface area contributed by atoms with Gasteiger partial charge < -0.3 is 21.4 Å². The minimum Gasteiger partial charge on any atom is -0.370 e. The Kier molecular flexibility index (Phi) is 6.26. The monoisotopic (exact) mass is 409 g/mol. The number of nitrogens with one attached hydrogen (secondary N) is 4. The third kappa shape index (κ3) is 5.27. The number of aromatic nitrogens is 3. The van der Waals surface area contributed by atoms with Gasteiger partial charge in [0.15, 0.2) is 5.96 Å². The van der Waals surface area contributed by atoms with Gasteiger partial charge in [0, 0.05) is 35.8 Å². The molecule has 0 aliphatic heterocycles. The van der Waals surface area contributed by atoms with Crippen molar-refractivity contribution in [2.45, 2.75) is 39.7 Å². The third-order valence-electron chi connectivity index (χ3n) is 4.99. The van der Waals surface area contributed by atoms with Crippen LogP contribution in [0.2, 0.25) is 0 Å². The van der Waals surface area contributed by atoms with E-state index in [1.165, 1.54) is 0 Å². The molecule has 0 fully saturated rings. The molecule has 6 N–H and O–H groups in total. The van der Waals surface area contributed by atoms with E-state index in [4.69, 9.17) is 11.1 Å². The number of hydrogen-bond acceptors (Lipinski definition) is 4. The van der Waals surface area contributed by atoms with E-state index in [0.717, 1.165) is 35.4 Å². The molecule has 8 heteroatoms. The Morgan fingerprint density at radius 3 is 2.60 bits per heavy atom. The number of guanidine groups is 1. The lowest BCUT2D eigenvalue weighted by molar-refractivity contribution is 0.504. The van der Waals surface area contributed by atoms with Crippen molar-refractivity contribution in [3.63, 3.8) is 0 Å². The van der Waals surface area contributed by atoms with Crippen molar-refractivity contribution in [2.75, 3.05) is 13.1 Å². The molecule has 0 bridgehead atoms. The molecule has 0 spiro atoms. The molecule has 0 saturated carbocycles. The van der Waals surface area contributed by atoms with Crippen LogP contribution in [-0.4, -0.2) is 33.6 Å². The van der Waals surface area contributed by atoms with Crippen molar-refractivity contribution < 1.29 is 0 Å². The second-order valence-electron chi connectivity index (χ2n) is 8.83. The smallest absolute Gasteiger partial charge is 0.354 e. The maximum absolute atomic E-state index is 12.5. The molecule has 8 nitrogen and oxygen atoms in total. The second kappa shape index (κ2) is 8.71. The quantitative estimate of drug-likeness (QED) is 0.302. The molecule has 0 amide bonds. The number of aromatic amines is 1. The molecule has 2 aromatic heterocycles. The van der Waals surface area contributed by atoms with Crippen LogP contribution in [0.3, 0.4) is 0 Å². The van der Waals surface area contributed by atoms with Gasteiger partial charge in [-0.15, -0.1) is 0 Å². The highest BCUT2D eigenvalue weighted by molar-refractivity contribution is 5.76. The lowest BCUT2D eigenvalue weighted by Gasteiger charge is -2.15. The van der Waals surface area contributed by atoms with Crippen LogP contribution in [0.25, 0.3) is 16.7 Å². The summed E-state index contributed by atoms with van der Waals surface area (Å²) in [7, 11) is 0. The van der Waals surface area contributed by atoms with Crippen LogP contribution in [0.1, 0.15) is 39.0 Å². The molecular formula is C22H31N7O. The number of nitrogens with zero attached hydrogens (tertiary/aromatic N) is 2. The van der Waals surface area contributed by atoms with Gasteiger partial charge in [-0.2, -0.15) is 4.98 Å². The largest absolute Gasteiger partial charge is 0.370 e. The van der Waals surface area contributed by atoms with Crippen LogP contribution in [0.5, 0.6) is 0 Å². The van der Waals surface area contributed by atoms with E-state index in [9.17, 15) is 4.79 Å². The van der Waals surface area contributed by atoms with Crippen LogP contribution in [0, 0.1) is 11.3 Å². The van der Waals surface area contributed by atoms with Gasteiger partial charge in [-0.3, -0.25) is 9.98 Å². The van der Waals surface area contributed by atoms with Gasteiger partial charge in [-0.05, 0) is 36.2 Å². The zero-order valence-electron chi connectivity index (χ0n) is 18.0. The predicted octanol–water partition coefficient (Wildman–Crippen LogP) is 2.22. The van der Waals surface area contributed by atoms with E-state index in [1.54, 1.807) is 4.57 Å². The number of fused-ring (bicyclic) bond motifs is 1. The Labute approximate surface area is 176 Å². The summed E-state index contributed by atoms with van der Waals surface area (Å²) in [5.41, 5.74) is 8.55. The van der Waals surface area contributed by atoms with E-state index >= 15 is 0 Å². The summed E-state index contributed by atoms with van der Waals surface area (Å²) in [5, 5.41) is 14.3. The van der Waals surface area contributed by atoms with Gasteiger partial charge in [0.25, 0.3) is 0 Å². The highest BCUT2D eigenvalue weighted by Gasteiger charge is 2.17. The Morgan fingerprint density at radius 1 is 1.27 bits per heavy atom. The van der Waals surface area contributed by atoms with Gasteiger partial charge in [-0.1, -0.05) is 39.8 Å². The van der Waals surface area contributed by atoms with Gasteiger partial charge in [-0.25, -0.2) is 4.79 Å². The van der Waals surface area contributed by atoms with Crippen molar-refractivity contribution in [1.29, 1.82) is 5.41 Å². The first-order valence-electron chi connectivity index (χ1n) is 10.1. The highest BCUT2D eigenvalue weighted by atomic mass is 16.1. The molecule has 1 atom stereocenters. The Hall–Kier alpha value is -3.13. The van der Waals surface area contributed by atoms with Crippen molar-refractivity contribution in [2.24, 2.45) is 11.7 Å². The summed E-state index contributed by atoms with van der Waals surface area (Å²) in [6.07, 6.45) is 1.84. The predicted molar refractivity (Wildman–Crippen MR) is 121 cm³/mol. The molecule has 0 aliphatic carbocycles. The van der Waals surface area contributed by atoms with Gasteiger partial charge in [0.1, 0.15) is 5.65 Å². The molecule has 0 radical (unpaired) electrons. The topological polar surface area (TPSA) is 125 Å². The molecule has 0 unspecified atom stereocenters. The summed E-state index contributed by atoms with van der Waals surface area (Å²) >= 11 is 0. The van der Waals surface area contributed by atoms with Gasteiger partial charge >= 0.3 is 5.69 Å². The summed E-state index contributed by atoms with van der Waals surface area (Å²) < 4.78 is 1.58. The highest BCUT2D eigenvalue weighted by Crippen LogP contribution is 2.24. The fourth-order valence-corrected chi connectivity index (χ4v) is 3.18. The lowest BCUT2D eigenvalue weighted by Crippen LogP contribution is -2.36. The van der Waals surface area contributed by atoms with Gasteiger partial charge in [0.2, 0.25) is 0 Å². The first kappa shape index (κ1) is 21.6.